The van der Waals surface area contributed by atoms with Crippen molar-refractivity contribution in [2.45, 2.75) is 6.92 Å². The standard InChI is InChI=1S/C17H15N3O2/c1-13-2-4-15(5-3-13)11-19-20-17(21)12-22-16-8-6-14(10-18)7-9-16/h2-9,11H,12H2,1H3,(H,20,21)/b19-11+. The maximum absolute atomic E-state index is 11.6. The number of rotatable bonds is 5. The van der Waals surface area contributed by atoms with Crippen molar-refractivity contribution in [3.63, 3.8) is 0 Å². The van der Waals surface area contributed by atoms with Gasteiger partial charge in [-0.15, -0.1) is 0 Å². The van der Waals surface area contributed by atoms with Gasteiger partial charge in [-0.2, -0.15) is 10.4 Å². The molecule has 0 saturated carbocycles. The number of hydrogen-bond acceptors (Lipinski definition) is 4. The highest BCUT2D eigenvalue weighted by atomic mass is 16.5. The highest BCUT2D eigenvalue weighted by Crippen LogP contribution is 2.11. The van der Waals surface area contributed by atoms with Gasteiger partial charge in [-0.1, -0.05) is 29.8 Å². The molecule has 1 N–H and O–H groups in total. The molecule has 5 nitrogen and oxygen atoms in total. The van der Waals surface area contributed by atoms with E-state index in [1.165, 1.54) is 0 Å². The molecular formula is C17H15N3O2. The molecule has 0 aliphatic carbocycles. The van der Waals surface area contributed by atoms with Crippen molar-refractivity contribution >= 4 is 12.1 Å². The van der Waals surface area contributed by atoms with Crippen molar-refractivity contribution in [3.8, 4) is 11.8 Å². The zero-order valence-electron chi connectivity index (χ0n) is 12.1. The highest BCUT2D eigenvalue weighted by molar-refractivity contribution is 5.82. The number of aryl methyl sites for hydroxylation is 1. The minimum Gasteiger partial charge on any atom is -0.484 e. The van der Waals surface area contributed by atoms with E-state index in [-0.39, 0.29) is 12.5 Å². The number of hydrazone groups is 1. The second-order valence-electron chi connectivity index (χ2n) is 4.63. The zero-order valence-corrected chi connectivity index (χ0v) is 12.1. The summed E-state index contributed by atoms with van der Waals surface area (Å²) in [6.07, 6.45) is 1.57. The molecule has 5 heteroatoms. The number of nitriles is 1. The summed E-state index contributed by atoms with van der Waals surface area (Å²) < 4.78 is 5.29. The Kier molecular flexibility index (Phi) is 5.27. The SMILES string of the molecule is Cc1ccc(/C=N/NC(=O)COc2ccc(C#N)cc2)cc1. The average molecular weight is 293 g/mol. The molecular weight excluding hydrogens is 278 g/mol. The summed E-state index contributed by atoms with van der Waals surface area (Å²) in [6, 6.07) is 16.3. The molecule has 110 valence electrons. The average Bonchev–Trinajstić information content (AvgIpc) is 2.55. The van der Waals surface area contributed by atoms with Gasteiger partial charge in [0.2, 0.25) is 0 Å². The van der Waals surface area contributed by atoms with Crippen LogP contribution in [0.3, 0.4) is 0 Å². The molecule has 1 amide bonds. The first-order valence-corrected chi connectivity index (χ1v) is 6.69. The number of nitrogens with one attached hydrogen (secondary N) is 1. The number of carbonyl (C=O) groups is 1. The molecule has 2 aromatic carbocycles. The number of benzene rings is 2. The lowest BCUT2D eigenvalue weighted by Crippen LogP contribution is -2.24. The Labute approximate surface area is 128 Å². The summed E-state index contributed by atoms with van der Waals surface area (Å²) in [5.41, 5.74) is 5.00. The molecule has 0 aliphatic rings. The monoisotopic (exact) mass is 293 g/mol. The Morgan fingerprint density at radius 3 is 2.55 bits per heavy atom. The summed E-state index contributed by atoms with van der Waals surface area (Å²) in [4.78, 5) is 11.6. The Morgan fingerprint density at radius 1 is 1.23 bits per heavy atom. The van der Waals surface area contributed by atoms with E-state index in [1.807, 2.05) is 37.3 Å². The lowest BCUT2D eigenvalue weighted by atomic mass is 10.2. The van der Waals surface area contributed by atoms with Gasteiger partial charge in [-0.25, -0.2) is 5.43 Å². The van der Waals surface area contributed by atoms with Crippen molar-refractivity contribution in [1.82, 2.24) is 5.43 Å². The first kappa shape index (κ1) is 15.3. The third-order valence-electron chi connectivity index (χ3n) is 2.83. The maximum atomic E-state index is 11.6. The Bertz CT molecular complexity index is 698. The summed E-state index contributed by atoms with van der Waals surface area (Å²) in [5.74, 6) is 0.171. The number of amides is 1. The van der Waals surface area contributed by atoms with Crippen LogP contribution >= 0.6 is 0 Å². The molecule has 0 saturated heterocycles. The first-order valence-electron chi connectivity index (χ1n) is 6.69. The van der Waals surface area contributed by atoms with Gasteiger partial charge in [0.15, 0.2) is 6.61 Å². The van der Waals surface area contributed by atoms with Crippen LogP contribution in [0.5, 0.6) is 5.75 Å². The number of carbonyl (C=O) groups excluding carboxylic acids is 1. The molecule has 0 aromatic heterocycles. The fraction of sp³-hybridized carbons (Fsp3) is 0.118. The summed E-state index contributed by atoms with van der Waals surface area (Å²) >= 11 is 0. The normalized spacial score (nSPS) is 10.2. The van der Waals surface area contributed by atoms with E-state index in [0.717, 1.165) is 11.1 Å². The summed E-state index contributed by atoms with van der Waals surface area (Å²) in [7, 11) is 0. The van der Waals surface area contributed by atoms with Crippen molar-refractivity contribution in [2.75, 3.05) is 6.61 Å². The molecule has 22 heavy (non-hydrogen) atoms. The number of hydrogen-bond donors (Lipinski definition) is 1. The molecule has 0 radical (unpaired) electrons. The van der Waals surface area contributed by atoms with Crippen LogP contribution in [0.2, 0.25) is 0 Å². The van der Waals surface area contributed by atoms with E-state index in [0.29, 0.717) is 11.3 Å². The van der Waals surface area contributed by atoms with Gasteiger partial charge in [0.25, 0.3) is 5.91 Å². The third kappa shape index (κ3) is 4.76. The van der Waals surface area contributed by atoms with E-state index in [9.17, 15) is 4.79 Å². The van der Waals surface area contributed by atoms with Gasteiger partial charge >= 0.3 is 0 Å². The molecule has 0 spiro atoms. The largest absolute Gasteiger partial charge is 0.484 e. The fourth-order valence-corrected chi connectivity index (χ4v) is 1.64. The Hall–Kier alpha value is -3.13. The second-order valence-corrected chi connectivity index (χ2v) is 4.63. The van der Waals surface area contributed by atoms with Crippen LogP contribution in [-0.2, 0) is 4.79 Å². The van der Waals surface area contributed by atoms with E-state index < -0.39 is 0 Å². The predicted molar refractivity (Wildman–Crippen MR) is 83.6 cm³/mol. The zero-order chi connectivity index (χ0) is 15.8. The minimum atomic E-state index is -0.354. The van der Waals surface area contributed by atoms with Crippen molar-refractivity contribution in [1.29, 1.82) is 5.26 Å². The Balaban J connectivity index is 1.78. The van der Waals surface area contributed by atoms with E-state index in [2.05, 4.69) is 10.5 Å². The van der Waals surface area contributed by atoms with Crippen LogP contribution < -0.4 is 10.2 Å². The van der Waals surface area contributed by atoms with Crippen LogP contribution in [0.1, 0.15) is 16.7 Å². The highest BCUT2D eigenvalue weighted by Gasteiger charge is 2.01. The third-order valence-corrected chi connectivity index (χ3v) is 2.83. The molecule has 0 bridgehead atoms. The van der Waals surface area contributed by atoms with Crippen molar-refractivity contribution in [2.24, 2.45) is 5.10 Å². The maximum Gasteiger partial charge on any atom is 0.277 e. The van der Waals surface area contributed by atoms with Crippen LogP contribution in [0.25, 0.3) is 0 Å². The summed E-state index contributed by atoms with van der Waals surface area (Å²) in [5, 5.41) is 12.5. The van der Waals surface area contributed by atoms with Crippen molar-refractivity contribution in [3.05, 3.63) is 65.2 Å². The smallest absolute Gasteiger partial charge is 0.277 e. The van der Waals surface area contributed by atoms with Gasteiger partial charge in [-0.05, 0) is 36.8 Å². The van der Waals surface area contributed by atoms with Crippen LogP contribution in [0, 0.1) is 18.3 Å². The van der Waals surface area contributed by atoms with Gasteiger partial charge in [-0.3, -0.25) is 4.79 Å². The lowest BCUT2D eigenvalue weighted by molar-refractivity contribution is -0.123. The Morgan fingerprint density at radius 2 is 1.91 bits per heavy atom. The fourth-order valence-electron chi connectivity index (χ4n) is 1.64. The number of nitrogens with zero attached hydrogens (tertiary/aromatic N) is 2. The molecule has 0 unspecified atom stereocenters. The van der Waals surface area contributed by atoms with Gasteiger partial charge < -0.3 is 4.74 Å². The van der Waals surface area contributed by atoms with Gasteiger partial charge in [0, 0.05) is 0 Å². The lowest BCUT2D eigenvalue weighted by Gasteiger charge is -2.04. The number of ether oxygens (including phenoxy) is 1. The minimum absolute atomic E-state index is 0.142. The first-order chi connectivity index (χ1) is 10.7. The van der Waals surface area contributed by atoms with E-state index >= 15 is 0 Å². The van der Waals surface area contributed by atoms with E-state index in [1.54, 1.807) is 30.5 Å². The molecule has 2 aromatic rings. The second kappa shape index (κ2) is 7.60. The molecule has 2 rings (SSSR count). The molecule has 0 heterocycles. The van der Waals surface area contributed by atoms with Crippen LogP contribution in [0.15, 0.2) is 53.6 Å². The molecule has 0 atom stereocenters. The molecule has 0 aliphatic heterocycles. The van der Waals surface area contributed by atoms with Gasteiger partial charge in [0.05, 0.1) is 17.8 Å². The molecule has 0 fully saturated rings. The van der Waals surface area contributed by atoms with Crippen LogP contribution in [0.4, 0.5) is 0 Å². The summed E-state index contributed by atoms with van der Waals surface area (Å²) in [6.45, 7) is 1.86. The quantitative estimate of drug-likeness (QED) is 0.679. The van der Waals surface area contributed by atoms with Gasteiger partial charge in [0.1, 0.15) is 5.75 Å². The predicted octanol–water partition coefficient (Wildman–Crippen LogP) is 2.40. The van der Waals surface area contributed by atoms with Crippen LogP contribution in [-0.4, -0.2) is 18.7 Å². The topological polar surface area (TPSA) is 74.5 Å². The van der Waals surface area contributed by atoms with E-state index in [4.69, 9.17) is 10.00 Å². The van der Waals surface area contributed by atoms with Crippen molar-refractivity contribution < 1.29 is 9.53 Å².